The van der Waals surface area contributed by atoms with E-state index in [1.165, 1.54) is 17.8 Å². The molecule has 0 saturated carbocycles. The van der Waals surface area contributed by atoms with Gasteiger partial charge in [-0.25, -0.2) is 4.79 Å². The van der Waals surface area contributed by atoms with Gasteiger partial charge in [0.05, 0.1) is 12.4 Å². The van der Waals surface area contributed by atoms with Gasteiger partial charge in [-0.05, 0) is 6.92 Å². The number of rotatable bonds is 2. The Morgan fingerprint density at radius 2 is 2.50 bits per heavy atom. The molecule has 1 atom stereocenters. The number of esters is 1. The molecule has 1 aromatic heterocycles. The van der Waals surface area contributed by atoms with Gasteiger partial charge in [-0.1, -0.05) is 0 Å². The molecule has 0 aliphatic rings. The van der Waals surface area contributed by atoms with E-state index < -0.39 is 12.1 Å². The van der Waals surface area contributed by atoms with Gasteiger partial charge < -0.3 is 9.84 Å². The Hall–Kier alpha value is -1.36. The number of ether oxygens (including phenoxy) is 1. The molecular weight excluding hydrogens is 160 g/mol. The van der Waals surface area contributed by atoms with Crippen LogP contribution in [0.5, 0.6) is 5.75 Å². The summed E-state index contributed by atoms with van der Waals surface area (Å²) in [6, 6.07) is 0. The number of hydrogen-bond acceptors (Lipinski definition) is 4. The summed E-state index contributed by atoms with van der Waals surface area (Å²) < 4.78 is 6.23. The lowest BCUT2D eigenvalue weighted by molar-refractivity contribution is -0.142. The zero-order valence-electron chi connectivity index (χ0n) is 6.89. The second kappa shape index (κ2) is 3.36. The van der Waals surface area contributed by atoms with Crippen molar-refractivity contribution in [2.75, 3.05) is 0 Å². The summed E-state index contributed by atoms with van der Waals surface area (Å²) in [5.41, 5.74) is 0. The first-order valence-electron chi connectivity index (χ1n) is 3.48. The smallest absolute Gasteiger partial charge is 0.340 e. The second-order valence-electron chi connectivity index (χ2n) is 2.45. The van der Waals surface area contributed by atoms with Crippen LogP contribution in [0, 0.1) is 0 Å². The van der Waals surface area contributed by atoms with Crippen LogP contribution in [0.15, 0.2) is 12.4 Å². The van der Waals surface area contributed by atoms with Gasteiger partial charge in [-0.2, -0.15) is 5.10 Å². The van der Waals surface area contributed by atoms with E-state index in [0.29, 0.717) is 5.75 Å². The van der Waals surface area contributed by atoms with Crippen LogP contribution in [0.3, 0.4) is 0 Å². The summed E-state index contributed by atoms with van der Waals surface area (Å²) in [5.74, 6) is -0.341. The summed E-state index contributed by atoms with van der Waals surface area (Å²) in [4.78, 5) is 10.8. The number of aromatic nitrogens is 2. The third kappa shape index (κ3) is 2.06. The minimum absolute atomic E-state index is 0.336. The number of hydrogen-bond donors (Lipinski definition) is 1. The van der Waals surface area contributed by atoms with Crippen LogP contribution in [-0.4, -0.2) is 27.0 Å². The quantitative estimate of drug-likeness (QED) is 0.619. The van der Waals surface area contributed by atoms with Gasteiger partial charge in [-0.3, -0.25) is 4.68 Å². The SMILES string of the molecule is C[C@H](O)C(=O)Oc1cnn(C)c1. The highest BCUT2D eigenvalue weighted by atomic mass is 16.5. The lowest BCUT2D eigenvalue weighted by Crippen LogP contribution is -2.21. The van der Waals surface area contributed by atoms with Gasteiger partial charge in [0.2, 0.25) is 0 Å². The Bertz CT molecular complexity index is 280. The summed E-state index contributed by atoms with van der Waals surface area (Å²) in [7, 11) is 1.71. The fourth-order valence-corrected chi connectivity index (χ4v) is 0.653. The van der Waals surface area contributed by atoms with Gasteiger partial charge in [0, 0.05) is 7.05 Å². The van der Waals surface area contributed by atoms with E-state index >= 15 is 0 Å². The highest BCUT2D eigenvalue weighted by molar-refractivity contribution is 5.76. The number of aryl methyl sites for hydroxylation is 1. The predicted molar refractivity (Wildman–Crippen MR) is 40.5 cm³/mol. The lowest BCUT2D eigenvalue weighted by Gasteiger charge is -2.01. The maximum absolute atomic E-state index is 10.8. The van der Waals surface area contributed by atoms with E-state index in [1.54, 1.807) is 13.2 Å². The molecule has 5 nitrogen and oxygen atoms in total. The first kappa shape index (κ1) is 8.73. The Balaban J connectivity index is 2.58. The fourth-order valence-electron chi connectivity index (χ4n) is 0.653. The monoisotopic (exact) mass is 170 g/mol. The molecule has 0 amide bonds. The molecule has 66 valence electrons. The molecule has 0 aliphatic heterocycles. The zero-order chi connectivity index (χ0) is 9.14. The molecular formula is C7H10N2O3. The van der Waals surface area contributed by atoms with Crippen molar-refractivity contribution in [2.45, 2.75) is 13.0 Å². The predicted octanol–water partition coefficient (Wildman–Crippen LogP) is -0.294. The summed E-state index contributed by atoms with van der Waals surface area (Å²) >= 11 is 0. The Morgan fingerprint density at radius 3 is 2.92 bits per heavy atom. The molecule has 0 aromatic carbocycles. The Kier molecular flexibility index (Phi) is 2.44. The molecule has 0 unspecified atom stereocenters. The van der Waals surface area contributed by atoms with Crippen molar-refractivity contribution >= 4 is 5.97 Å². The minimum atomic E-state index is -1.11. The van der Waals surface area contributed by atoms with Gasteiger partial charge in [0.1, 0.15) is 6.10 Å². The molecule has 0 saturated heterocycles. The molecule has 1 N–H and O–H groups in total. The topological polar surface area (TPSA) is 64.3 Å². The minimum Gasteiger partial charge on any atom is -0.421 e. The zero-order valence-corrected chi connectivity index (χ0v) is 6.89. The fraction of sp³-hybridized carbons (Fsp3) is 0.429. The normalized spacial score (nSPS) is 12.6. The van der Waals surface area contributed by atoms with Crippen LogP contribution >= 0.6 is 0 Å². The first-order valence-corrected chi connectivity index (χ1v) is 3.48. The summed E-state index contributed by atoms with van der Waals surface area (Å²) in [6.07, 6.45) is 1.84. The average molecular weight is 170 g/mol. The molecule has 5 heteroatoms. The van der Waals surface area contributed by atoms with Crippen LogP contribution in [0.25, 0.3) is 0 Å². The molecule has 1 rings (SSSR count). The van der Waals surface area contributed by atoms with Crippen LogP contribution < -0.4 is 4.74 Å². The largest absolute Gasteiger partial charge is 0.421 e. The molecule has 0 fully saturated rings. The average Bonchev–Trinajstić information content (AvgIpc) is 2.35. The third-order valence-corrected chi connectivity index (χ3v) is 1.24. The Morgan fingerprint density at radius 1 is 1.83 bits per heavy atom. The maximum atomic E-state index is 10.8. The summed E-state index contributed by atoms with van der Waals surface area (Å²) in [5, 5.41) is 12.6. The third-order valence-electron chi connectivity index (χ3n) is 1.24. The van der Waals surface area contributed by atoms with Crippen LogP contribution in [0.4, 0.5) is 0 Å². The van der Waals surface area contributed by atoms with Gasteiger partial charge >= 0.3 is 5.97 Å². The molecule has 0 aliphatic carbocycles. The van der Waals surface area contributed by atoms with E-state index in [4.69, 9.17) is 9.84 Å². The number of carbonyl (C=O) groups excluding carboxylic acids is 1. The van der Waals surface area contributed by atoms with Crippen molar-refractivity contribution < 1.29 is 14.6 Å². The number of nitrogens with zero attached hydrogens (tertiary/aromatic N) is 2. The van der Waals surface area contributed by atoms with Crippen molar-refractivity contribution in [3.05, 3.63) is 12.4 Å². The Labute approximate surface area is 69.6 Å². The van der Waals surface area contributed by atoms with Crippen LogP contribution in [0.2, 0.25) is 0 Å². The van der Waals surface area contributed by atoms with Gasteiger partial charge in [-0.15, -0.1) is 0 Å². The maximum Gasteiger partial charge on any atom is 0.340 e. The van der Waals surface area contributed by atoms with Crippen molar-refractivity contribution in [1.82, 2.24) is 9.78 Å². The first-order chi connectivity index (χ1) is 5.59. The second-order valence-corrected chi connectivity index (χ2v) is 2.45. The molecule has 0 spiro atoms. The van der Waals surface area contributed by atoms with Crippen LogP contribution in [-0.2, 0) is 11.8 Å². The standard InChI is InChI=1S/C7H10N2O3/c1-5(10)7(11)12-6-3-8-9(2)4-6/h3-5,10H,1-2H3/t5-/m0/s1. The lowest BCUT2D eigenvalue weighted by atomic mass is 10.4. The van der Waals surface area contributed by atoms with Crippen molar-refractivity contribution in [3.63, 3.8) is 0 Å². The number of carbonyl (C=O) groups is 1. The highest BCUT2D eigenvalue weighted by Gasteiger charge is 2.11. The summed E-state index contributed by atoms with van der Waals surface area (Å²) in [6.45, 7) is 1.35. The number of aliphatic hydroxyl groups excluding tert-OH is 1. The van der Waals surface area contributed by atoms with Crippen molar-refractivity contribution in [1.29, 1.82) is 0 Å². The van der Waals surface area contributed by atoms with Crippen molar-refractivity contribution in [2.24, 2.45) is 7.05 Å². The van der Waals surface area contributed by atoms with E-state index in [9.17, 15) is 4.79 Å². The van der Waals surface area contributed by atoms with Crippen molar-refractivity contribution in [3.8, 4) is 5.75 Å². The van der Waals surface area contributed by atoms with E-state index in [1.807, 2.05) is 0 Å². The molecule has 1 heterocycles. The highest BCUT2D eigenvalue weighted by Crippen LogP contribution is 2.07. The molecule has 0 radical (unpaired) electrons. The van der Waals surface area contributed by atoms with Gasteiger partial charge in [0.25, 0.3) is 0 Å². The van der Waals surface area contributed by atoms with Crippen LogP contribution in [0.1, 0.15) is 6.92 Å². The van der Waals surface area contributed by atoms with E-state index in [0.717, 1.165) is 0 Å². The van der Waals surface area contributed by atoms with E-state index in [2.05, 4.69) is 5.10 Å². The molecule has 12 heavy (non-hydrogen) atoms. The van der Waals surface area contributed by atoms with E-state index in [-0.39, 0.29) is 0 Å². The molecule has 1 aromatic rings. The molecule has 0 bridgehead atoms. The van der Waals surface area contributed by atoms with Gasteiger partial charge in [0.15, 0.2) is 5.75 Å². The number of aliphatic hydroxyl groups is 1.